The number of Topliss-reactive ketones (excluding diaryl/α,β-unsaturated/α-hetero) is 1. The van der Waals surface area contributed by atoms with Crippen LogP contribution in [-0.4, -0.2) is 15.6 Å². The molecule has 7 heteroatoms. The van der Waals surface area contributed by atoms with Crippen molar-refractivity contribution in [3.63, 3.8) is 0 Å². The average molecular weight is 451 g/mol. The van der Waals surface area contributed by atoms with Gasteiger partial charge in [-0.1, -0.05) is 35.6 Å². The molecule has 0 radical (unpaired) electrons. The molecule has 34 heavy (non-hydrogen) atoms. The smallest absolute Gasteiger partial charge is 0.269 e. The fourth-order valence-corrected chi connectivity index (χ4v) is 3.32. The molecule has 0 atom stereocenters. The highest BCUT2D eigenvalue weighted by Gasteiger charge is 2.10. The highest BCUT2D eigenvalue weighted by Crippen LogP contribution is 2.15. The van der Waals surface area contributed by atoms with Crippen LogP contribution in [-0.2, 0) is 0 Å². The number of allylic oxidation sites excluding steroid dienone is 2. The predicted molar refractivity (Wildman–Crippen MR) is 126 cm³/mol. The Hall–Kier alpha value is -4.78. The summed E-state index contributed by atoms with van der Waals surface area (Å²) in [6.07, 6.45) is 13.9. The number of pyridine rings is 1. The Morgan fingerprint density at radius 1 is 0.912 bits per heavy atom. The minimum absolute atomic E-state index is 0.0603. The monoisotopic (exact) mass is 451 g/mol. The van der Waals surface area contributed by atoms with Crippen LogP contribution in [0.1, 0.15) is 21.5 Å². The Morgan fingerprint density at radius 2 is 1.50 bits per heavy atom. The molecule has 0 fully saturated rings. The van der Waals surface area contributed by atoms with Gasteiger partial charge in [-0.25, -0.2) is 0 Å². The molecule has 0 amide bonds. The summed E-state index contributed by atoms with van der Waals surface area (Å²) in [7, 11) is 0. The van der Waals surface area contributed by atoms with Crippen molar-refractivity contribution in [3.8, 4) is 0 Å². The Kier molecular flexibility index (Phi) is 6.45. The lowest BCUT2D eigenvalue weighted by Crippen LogP contribution is -2.22. The summed E-state index contributed by atoms with van der Waals surface area (Å²) >= 11 is 0. The maximum absolute atomic E-state index is 12.4. The minimum atomic E-state index is -0.504. The molecule has 3 aromatic rings. The second-order valence-corrected chi connectivity index (χ2v) is 7.72. The molecule has 4 rings (SSSR count). The van der Waals surface area contributed by atoms with E-state index in [2.05, 4.69) is 0 Å². The number of hydrogen-bond donors (Lipinski definition) is 0. The first kappa shape index (κ1) is 22.4. The lowest BCUT2D eigenvalue weighted by atomic mass is 10.1. The van der Waals surface area contributed by atoms with Gasteiger partial charge in [-0.2, -0.15) is 4.24 Å². The first-order chi connectivity index (χ1) is 16.4. The molecule has 0 N–H and O–H groups in total. The molecule has 1 aliphatic rings. The number of ketones is 1. The second-order valence-electron chi connectivity index (χ2n) is 7.72. The number of nitrogens with zero attached hydrogens (tertiary/aromatic N) is 3. The molecule has 168 valence electrons. The van der Waals surface area contributed by atoms with Crippen molar-refractivity contribution in [2.45, 2.75) is 6.92 Å². The lowest BCUT2D eigenvalue weighted by Gasteiger charge is -2.20. The van der Waals surface area contributed by atoms with Crippen molar-refractivity contribution in [1.82, 2.24) is 4.90 Å². The summed E-state index contributed by atoms with van der Waals surface area (Å²) in [4.78, 5) is 24.4. The first-order valence-electron chi connectivity index (χ1n) is 10.5. The molecule has 7 nitrogen and oxygen atoms in total. The number of rotatable bonds is 5. The van der Waals surface area contributed by atoms with Crippen molar-refractivity contribution < 1.29 is 19.1 Å². The van der Waals surface area contributed by atoms with Gasteiger partial charge in [0.05, 0.1) is 4.92 Å². The molecule has 1 aliphatic heterocycles. The number of hydrogen-bond acceptors (Lipinski definition) is 5. The van der Waals surface area contributed by atoms with Gasteiger partial charge in [0, 0.05) is 48.4 Å². The van der Waals surface area contributed by atoms with Crippen LogP contribution in [0.25, 0.3) is 11.3 Å². The quantitative estimate of drug-likeness (QED) is 0.196. The van der Waals surface area contributed by atoms with E-state index in [0.29, 0.717) is 11.1 Å². The van der Waals surface area contributed by atoms with Crippen LogP contribution in [0.15, 0.2) is 104 Å². The number of aromatic nitrogens is 1. The van der Waals surface area contributed by atoms with Gasteiger partial charge in [0.15, 0.2) is 12.4 Å². The number of nitro benzene ring substituents is 1. The summed E-state index contributed by atoms with van der Waals surface area (Å²) in [6.45, 7) is 1.98. The molecule has 0 unspecified atom stereocenters. The standard InChI is InChI=1S/C27H21N3O4/c1-20-2-4-23(5-3-20)26(31)18-28-14-10-21(11-15-28)22-12-16-29(17-13-22)19-27(32)24-6-8-25(9-7-24)30(33)34/h2-19H,1H3/b26-18+. The normalized spacial score (nSPS) is 13.1. The van der Waals surface area contributed by atoms with E-state index in [0.717, 1.165) is 16.4 Å². The van der Waals surface area contributed by atoms with Gasteiger partial charge in [-0.05, 0) is 47.6 Å². The molecule has 2 aromatic carbocycles. The van der Waals surface area contributed by atoms with Crippen molar-refractivity contribution in [2.24, 2.45) is 0 Å². The third kappa shape index (κ3) is 5.34. The molecule has 0 saturated carbocycles. The highest BCUT2D eigenvalue weighted by molar-refractivity contribution is 6.00. The fraction of sp³-hybridized carbons (Fsp3) is 0.0370. The number of aryl methyl sites for hydroxylation is 1. The van der Waals surface area contributed by atoms with Crippen LogP contribution in [0.2, 0.25) is 0 Å². The van der Waals surface area contributed by atoms with E-state index in [4.69, 9.17) is 0 Å². The Morgan fingerprint density at radius 3 is 2.09 bits per heavy atom. The van der Waals surface area contributed by atoms with E-state index in [-0.39, 0.29) is 17.2 Å². The van der Waals surface area contributed by atoms with Crippen LogP contribution < -0.4 is 14.6 Å². The maximum Gasteiger partial charge on any atom is 0.269 e. The van der Waals surface area contributed by atoms with Crippen molar-refractivity contribution in [3.05, 3.63) is 142 Å². The van der Waals surface area contributed by atoms with Crippen molar-refractivity contribution in [1.29, 1.82) is 0 Å². The van der Waals surface area contributed by atoms with Gasteiger partial charge in [0.25, 0.3) is 5.69 Å². The van der Waals surface area contributed by atoms with Crippen LogP contribution in [0.3, 0.4) is 0 Å². The molecular weight excluding hydrogens is 430 g/mol. The third-order valence-electron chi connectivity index (χ3n) is 5.27. The maximum atomic E-state index is 12.4. The molecule has 1 aromatic heterocycles. The van der Waals surface area contributed by atoms with Gasteiger partial charge in [-0.3, -0.25) is 14.9 Å². The van der Waals surface area contributed by atoms with E-state index in [9.17, 15) is 20.0 Å². The first-order valence-corrected chi connectivity index (χ1v) is 10.5. The van der Waals surface area contributed by atoms with E-state index >= 15 is 0 Å². The molecule has 0 saturated heterocycles. The average Bonchev–Trinajstić information content (AvgIpc) is 2.85. The summed E-state index contributed by atoms with van der Waals surface area (Å²) in [5.41, 5.74) is 3.00. The third-order valence-corrected chi connectivity index (χ3v) is 5.27. The van der Waals surface area contributed by atoms with Crippen molar-refractivity contribution in [2.75, 3.05) is 0 Å². The van der Waals surface area contributed by atoms with Gasteiger partial charge >= 0.3 is 0 Å². The van der Waals surface area contributed by atoms with Gasteiger partial charge in [0.2, 0.25) is 12.0 Å². The SMILES string of the molecule is Cc1ccc(/C([O-])=C\N2C=CC(=c3cc[n+](=CC(=O)c4ccc([N+](=O)[O-])cc4)cc3)C=C2)cc1. The van der Waals surface area contributed by atoms with Crippen LogP contribution in [0.5, 0.6) is 0 Å². The van der Waals surface area contributed by atoms with E-state index in [1.807, 2.05) is 67.9 Å². The largest absolute Gasteiger partial charge is 0.871 e. The minimum Gasteiger partial charge on any atom is -0.871 e. The number of non-ortho nitro benzene ring substituents is 1. The predicted octanol–water partition coefficient (Wildman–Crippen LogP) is 2.94. The van der Waals surface area contributed by atoms with Gasteiger partial charge < -0.3 is 10.0 Å². The van der Waals surface area contributed by atoms with Crippen LogP contribution in [0.4, 0.5) is 5.69 Å². The fourth-order valence-electron chi connectivity index (χ4n) is 3.32. The molecule has 0 bridgehead atoms. The van der Waals surface area contributed by atoms with E-state index in [1.165, 1.54) is 36.7 Å². The second kappa shape index (κ2) is 9.79. The number of nitro groups is 1. The topological polar surface area (TPSA) is 92.4 Å². The Bertz CT molecular complexity index is 1410. The molecule has 0 aliphatic carbocycles. The van der Waals surface area contributed by atoms with Crippen LogP contribution >= 0.6 is 0 Å². The summed E-state index contributed by atoms with van der Waals surface area (Å²) in [6, 6.07) is 16.7. The summed E-state index contributed by atoms with van der Waals surface area (Å²) in [5, 5.41) is 24.1. The molecule has 2 heterocycles. The summed E-state index contributed by atoms with van der Waals surface area (Å²) < 4.78 is 1.63. The molecular formula is C27H21N3O4. The number of benzene rings is 2. The van der Waals surface area contributed by atoms with Gasteiger partial charge in [0.1, 0.15) is 0 Å². The van der Waals surface area contributed by atoms with Crippen LogP contribution in [0, 0.1) is 23.3 Å². The van der Waals surface area contributed by atoms with Crippen molar-refractivity contribution >= 4 is 22.8 Å². The zero-order valence-corrected chi connectivity index (χ0v) is 18.4. The van der Waals surface area contributed by atoms with E-state index < -0.39 is 4.92 Å². The van der Waals surface area contributed by atoms with E-state index in [1.54, 1.807) is 21.5 Å². The van der Waals surface area contributed by atoms with Gasteiger partial charge in [-0.15, -0.1) is 0 Å². The Labute approximate surface area is 196 Å². The lowest BCUT2D eigenvalue weighted by molar-refractivity contribution is -0.505. The summed E-state index contributed by atoms with van der Waals surface area (Å²) in [5.74, 6) is -0.339. The molecule has 0 spiro atoms. The zero-order valence-electron chi connectivity index (χ0n) is 18.4. The zero-order chi connectivity index (χ0) is 24.1. The Balaban J connectivity index is 1.48. The number of carbonyl (C=O) groups excluding carboxylic acids is 1. The highest BCUT2D eigenvalue weighted by atomic mass is 16.6. The number of carbonyl (C=O) groups is 1.